The van der Waals surface area contributed by atoms with Crippen LogP contribution in [-0.2, 0) is 6.61 Å². The zero-order valence-electron chi connectivity index (χ0n) is 16.1. The number of para-hydroxylation sites is 2. The van der Waals surface area contributed by atoms with Crippen LogP contribution in [0.3, 0.4) is 0 Å². The largest absolute Gasteiger partial charge is 0.488 e. The lowest BCUT2D eigenvalue weighted by Gasteiger charge is -2.29. The van der Waals surface area contributed by atoms with Crippen LogP contribution in [0.5, 0.6) is 5.75 Å². The van der Waals surface area contributed by atoms with Gasteiger partial charge in [-0.25, -0.2) is 0 Å². The number of nitrogens with one attached hydrogen (secondary N) is 2. The predicted octanol–water partition coefficient (Wildman–Crippen LogP) is 5.24. The van der Waals surface area contributed by atoms with Crippen LogP contribution in [0.1, 0.15) is 53.0 Å². The van der Waals surface area contributed by atoms with Gasteiger partial charge in [-0.15, -0.1) is 0 Å². The van der Waals surface area contributed by atoms with Gasteiger partial charge in [-0.05, 0) is 35.2 Å². The lowest BCUT2D eigenvalue weighted by atomic mass is 10.0. The average molecular weight is 372 g/mol. The van der Waals surface area contributed by atoms with Gasteiger partial charge < -0.3 is 15.4 Å². The van der Waals surface area contributed by atoms with Gasteiger partial charge in [0.2, 0.25) is 0 Å². The van der Waals surface area contributed by atoms with E-state index in [2.05, 4.69) is 48.7 Å². The van der Waals surface area contributed by atoms with E-state index in [-0.39, 0.29) is 12.1 Å². The fourth-order valence-corrected chi connectivity index (χ4v) is 3.37. The highest BCUT2D eigenvalue weighted by atomic mass is 16.5. The molecule has 0 radical (unpaired) electrons. The zero-order valence-corrected chi connectivity index (χ0v) is 16.1. The van der Waals surface area contributed by atoms with E-state index < -0.39 is 0 Å². The molecule has 1 unspecified atom stereocenters. The SMILES string of the molecule is CC(C)c1ccc(COc2ccccc2C2NC(=O)c3ccccc3N2)cc1. The average Bonchev–Trinajstić information content (AvgIpc) is 2.73. The second-order valence-electron chi connectivity index (χ2n) is 7.32. The van der Waals surface area contributed by atoms with Crippen LogP contribution in [0.15, 0.2) is 72.8 Å². The van der Waals surface area contributed by atoms with Gasteiger partial charge in [0.15, 0.2) is 0 Å². The molecule has 1 aliphatic rings. The molecule has 0 aromatic heterocycles. The quantitative estimate of drug-likeness (QED) is 0.644. The minimum atomic E-state index is -0.332. The van der Waals surface area contributed by atoms with Gasteiger partial charge in [0, 0.05) is 11.3 Å². The molecule has 4 heteroatoms. The molecule has 4 nitrogen and oxygen atoms in total. The number of benzene rings is 3. The highest BCUT2D eigenvalue weighted by Crippen LogP contribution is 2.31. The maximum atomic E-state index is 12.5. The van der Waals surface area contributed by atoms with Gasteiger partial charge in [0.25, 0.3) is 5.91 Å². The molecule has 28 heavy (non-hydrogen) atoms. The summed E-state index contributed by atoms with van der Waals surface area (Å²) in [6.07, 6.45) is -0.332. The van der Waals surface area contributed by atoms with Crippen molar-refractivity contribution in [3.63, 3.8) is 0 Å². The summed E-state index contributed by atoms with van der Waals surface area (Å²) >= 11 is 0. The summed E-state index contributed by atoms with van der Waals surface area (Å²) in [5.74, 6) is 1.19. The predicted molar refractivity (Wildman–Crippen MR) is 112 cm³/mol. The third-order valence-electron chi connectivity index (χ3n) is 5.02. The van der Waals surface area contributed by atoms with Crippen molar-refractivity contribution in [3.05, 3.63) is 95.1 Å². The van der Waals surface area contributed by atoms with E-state index in [0.717, 1.165) is 22.6 Å². The van der Waals surface area contributed by atoms with Crippen LogP contribution in [0.2, 0.25) is 0 Å². The third-order valence-corrected chi connectivity index (χ3v) is 5.02. The molecule has 0 bridgehead atoms. The van der Waals surface area contributed by atoms with Gasteiger partial charge in [-0.2, -0.15) is 0 Å². The van der Waals surface area contributed by atoms with E-state index in [1.54, 1.807) is 0 Å². The summed E-state index contributed by atoms with van der Waals surface area (Å²) in [7, 11) is 0. The topological polar surface area (TPSA) is 50.4 Å². The maximum Gasteiger partial charge on any atom is 0.255 e. The maximum absolute atomic E-state index is 12.5. The molecule has 0 aliphatic carbocycles. The minimum absolute atomic E-state index is 0.0848. The number of amides is 1. The van der Waals surface area contributed by atoms with Crippen LogP contribution >= 0.6 is 0 Å². The number of ether oxygens (including phenoxy) is 1. The van der Waals surface area contributed by atoms with Crippen molar-refractivity contribution in [2.45, 2.75) is 32.5 Å². The Morgan fingerprint density at radius 3 is 2.39 bits per heavy atom. The standard InChI is InChI=1S/C24H24N2O2/c1-16(2)18-13-11-17(12-14-18)15-28-22-10-6-4-8-20(22)23-25-21-9-5-3-7-19(21)24(27)26-23/h3-14,16,23,25H,15H2,1-2H3,(H,26,27). The molecule has 0 saturated heterocycles. The first-order chi connectivity index (χ1) is 13.6. The Labute approximate surface area is 165 Å². The number of rotatable bonds is 5. The minimum Gasteiger partial charge on any atom is -0.488 e. The fraction of sp³-hybridized carbons (Fsp3) is 0.208. The van der Waals surface area contributed by atoms with Crippen LogP contribution in [-0.4, -0.2) is 5.91 Å². The van der Waals surface area contributed by atoms with Crippen molar-refractivity contribution < 1.29 is 9.53 Å². The number of carbonyl (C=O) groups is 1. The zero-order chi connectivity index (χ0) is 19.5. The summed E-state index contributed by atoms with van der Waals surface area (Å²) in [6, 6.07) is 23.8. The highest BCUT2D eigenvalue weighted by Gasteiger charge is 2.26. The Hall–Kier alpha value is -3.27. The summed E-state index contributed by atoms with van der Waals surface area (Å²) in [5.41, 5.74) is 4.82. The molecule has 142 valence electrons. The van der Waals surface area contributed by atoms with Crippen molar-refractivity contribution in [2.75, 3.05) is 5.32 Å². The molecule has 3 aromatic carbocycles. The lowest BCUT2D eigenvalue weighted by molar-refractivity contribution is 0.0935. The Morgan fingerprint density at radius 1 is 0.893 bits per heavy atom. The Kier molecular flexibility index (Phi) is 5.02. The summed E-state index contributed by atoms with van der Waals surface area (Å²) in [4.78, 5) is 12.5. The second-order valence-corrected chi connectivity index (χ2v) is 7.32. The summed E-state index contributed by atoms with van der Waals surface area (Å²) in [5, 5.41) is 6.41. The van der Waals surface area contributed by atoms with Crippen molar-refractivity contribution in [1.29, 1.82) is 0 Å². The van der Waals surface area contributed by atoms with Crippen molar-refractivity contribution in [1.82, 2.24) is 5.32 Å². The van der Waals surface area contributed by atoms with E-state index in [4.69, 9.17) is 4.74 Å². The molecule has 1 heterocycles. The summed E-state index contributed by atoms with van der Waals surface area (Å²) < 4.78 is 6.11. The number of anilines is 1. The molecule has 1 atom stereocenters. The Morgan fingerprint density at radius 2 is 1.61 bits per heavy atom. The number of fused-ring (bicyclic) bond motifs is 1. The molecular formula is C24H24N2O2. The smallest absolute Gasteiger partial charge is 0.255 e. The monoisotopic (exact) mass is 372 g/mol. The lowest BCUT2D eigenvalue weighted by Crippen LogP contribution is -2.38. The van der Waals surface area contributed by atoms with E-state index in [1.807, 2.05) is 48.5 Å². The molecule has 0 saturated carbocycles. The van der Waals surface area contributed by atoms with E-state index in [0.29, 0.717) is 18.1 Å². The van der Waals surface area contributed by atoms with E-state index in [9.17, 15) is 4.79 Å². The highest BCUT2D eigenvalue weighted by molar-refractivity contribution is 6.01. The van der Waals surface area contributed by atoms with E-state index in [1.165, 1.54) is 5.56 Å². The molecule has 2 N–H and O–H groups in total. The first-order valence-electron chi connectivity index (χ1n) is 9.59. The van der Waals surface area contributed by atoms with Gasteiger partial charge >= 0.3 is 0 Å². The fourth-order valence-electron chi connectivity index (χ4n) is 3.37. The van der Waals surface area contributed by atoms with Crippen LogP contribution in [0, 0.1) is 0 Å². The van der Waals surface area contributed by atoms with Crippen LogP contribution in [0.4, 0.5) is 5.69 Å². The molecule has 4 rings (SSSR count). The van der Waals surface area contributed by atoms with E-state index >= 15 is 0 Å². The normalized spacial score (nSPS) is 15.5. The second kappa shape index (κ2) is 7.77. The molecule has 3 aromatic rings. The summed E-state index contributed by atoms with van der Waals surface area (Å²) in [6.45, 7) is 4.85. The first-order valence-corrected chi connectivity index (χ1v) is 9.59. The Balaban J connectivity index is 1.52. The molecule has 0 spiro atoms. The molecular weight excluding hydrogens is 348 g/mol. The number of carbonyl (C=O) groups excluding carboxylic acids is 1. The van der Waals surface area contributed by atoms with Crippen LogP contribution in [0.25, 0.3) is 0 Å². The molecule has 1 amide bonds. The van der Waals surface area contributed by atoms with Crippen molar-refractivity contribution >= 4 is 11.6 Å². The third kappa shape index (κ3) is 3.72. The first kappa shape index (κ1) is 18.1. The van der Waals surface area contributed by atoms with Gasteiger partial charge in [0.05, 0.1) is 5.56 Å². The van der Waals surface area contributed by atoms with Crippen molar-refractivity contribution in [2.24, 2.45) is 0 Å². The van der Waals surface area contributed by atoms with Gasteiger partial charge in [0.1, 0.15) is 18.5 Å². The molecule has 1 aliphatic heterocycles. The Bertz CT molecular complexity index is 980. The van der Waals surface area contributed by atoms with Gasteiger partial charge in [-0.1, -0.05) is 68.4 Å². The molecule has 0 fully saturated rings. The van der Waals surface area contributed by atoms with Gasteiger partial charge in [-0.3, -0.25) is 4.79 Å². The number of hydrogen-bond donors (Lipinski definition) is 2. The van der Waals surface area contributed by atoms with Crippen molar-refractivity contribution in [3.8, 4) is 5.75 Å². The van der Waals surface area contributed by atoms with Crippen LogP contribution < -0.4 is 15.4 Å². The number of hydrogen-bond acceptors (Lipinski definition) is 3.